The molecule has 1 heterocycles. The zero-order valence-corrected chi connectivity index (χ0v) is 15.8. The summed E-state index contributed by atoms with van der Waals surface area (Å²) in [4.78, 5) is 14.0. The van der Waals surface area contributed by atoms with E-state index in [2.05, 4.69) is 0 Å². The molecule has 1 fully saturated rings. The van der Waals surface area contributed by atoms with E-state index < -0.39 is 13.2 Å². The number of carbonyl (C=O) groups is 1. The van der Waals surface area contributed by atoms with Gasteiger partial charge in [0.05, 0.1) is 38.6 Å². The topological polar surface area (TPSA) is 74.3 Å². The summed E-state index contributed by atoms with van der Waals surface area (Å²) in [6, 6.07) is -0.187. The molecule has 0 radical (unpaired) electrons. The van der Waals surface area contributed by atoms with Crippen LogP contribution in [0.15, 0.2) is 0 Å². The van der Waals surface area contributed by atoms with Crippen molar-refractivity contribution in [3.8, 4) is 0 Å². The van der Waals surface area contributed by atoms with Gasteiger partial charge in [-0.25, -0.2) is 4.79 Å². The van der Waals surface area contributed by atoms with Gasteiger partial charge in [0.2, 0.25) is 0 Å². The second-order valence-electron chi connectivity index (χ2n) is 6.36. The molecule has 0 saturated carbocycles. The van der Waals surface area contributed by atoms with E-state index in [1.165, 1.54) is 0 Å². The molecule has 0 aromatic heterocycles. The van der Waals surface area contributed by atoms with E-state index in [4.69, 9.17) is 18.5 Å². The third-order valence-electron chi connectivity index (χ3n) is 3.24. The Morgan fingerprint density at radius 1 is 1.26 bits per heavy atom. The van der Waals surface area contributed by atoms with Gasteiger partial charge in [0.15, 0.2) is 0 Å². The van der Waals surface area contributed by atoms with Crippen molar-refractivity contribution >= 4 is 13.7 Å². The first-order valence-electron chi connectivity index (χ1n) is 8.16. The van der Waals surface area contributed by atoms with E-state index in [1.54, 1.807) is 18.7 Å². The maximum atomic E-state index is 12.5. The zero-order chi connectivity index (χ0) is 17.5. The Morgan fingerprint density at radius 3 is 2.39 bits per heavy atom. The predicted molar refractivity (Wildman–Crippen MR) is 87.9 cm³/mol. The molecule has 0 spiro atoms. The molecule has 23 heavy (non-hydrogen) atoms. The summed E-state index contributed by atoms with van der Waals surface area (Å²) in [5.74, 6) is 0. The van der Waals surface area contributed by atoms with Crippen molar-refractivity contribution in [3.05, 3.63) is 0 Å². The molecule has 0 aromatic rings. The fourth-order valence-corrected chi connectivity index (χ4v) is 4.06. The highest BCUT2D eigenvalue weighted by molar-refractivity contribution is 7.53. The fraction of sp³-hybridized carbons (Fsp3) is 0.933. The van der Waals surface area contributed by atoms with Gasteiger partial charge in [-0.1, -0.05) is 0 Å². The van der Waals surface area contributed by atoms with Crippen molar-refractivity contribution in [2.75, 3.05) is 39.1 Å². The minimum Gasteiger partial charge on any atom is -0.444 e. The number of ether oxygens (including phenoxy) is 2. The number of carbonyl (C=O) groups excluding carboxylic acids is 1. The summed E-state index contributed by atoms with van der Waals surface area (Å²) in [7, 11) is -3.12. The van der Waals surface area contributed by atoms with Gasteiger partial charge in [0.25, 0.3) is 0 Å². The van der Waals surface area contributed by atoms with E-state index in [0.717, 1.165) is 0 Å². The lowest BCUT2D eigenvalue weighted by Crippen LogP contribution is -2.50. The maximum Gasteiger partial charge on any atom is 0.410 e. The largest absolute Gasteiger partial charge is 0.444 e. The molecule has 1 saturated heterocycles. The first-order chi connectivity index (χ1) is 10.7. The third kappa shape index (κ3) is 7.21. The van der Waals surface area contributed by atoms with Crippen LogP contribution in [-0.4, -0.2) is 61.8 Å². The van der Waals surface area contributed by atoms with Gasteiger partial charge in [-0.2, -0.15) is 0 Å². The molecule has 1 aliphatic rings. The number of amides is 1. The van der Waals surface area contributed by atoms with Gasteiger partial charge in [0.1, 0.15) is 5.60 Å². The number of rotatable bonds is 7. The summed E-state index contributed by atoms with van der Waals surface area (Å²) < 4.78 is 34.0. The third-order valence-corrected chi connectivity index (χ3v) is 5.35. The lowest BCUT2D eigenvalue weighted by Gasteiger charge is -2.37. The predicted octanol–water partition coefficient (Wildman–Crippen LogP) is 3.28. The summed E-state index contributed by atoms with van der Waals surface area (Å²) >= 11 is 0. The average molecular weight is 351 g/mol. The van der Waals surface area contributed by atoms with Crippen LogP contribution in [-0.2, 0) is 23.1 Å². The van der Waals surface area contributed by atoms with E-state index >= 15 is 0 Å². The van der Waals surface area contributed by atoms with Crippen LogP contribution in [0.5, 0.6) is 0 Å². The lowest BCUT2D eigenvalue weighted by molar-refractivity contribution is -0.0330. The molecular formula is C15H30NO6P. The van der Waals surface area contributed by atoms with Gasteiger partial charge in [0, 0.05) is 6.54 Å². The van der Waals surface area contributed by atoms with E-state index in [-0.39, 0.29) is 18.3 Å². The van der Waals surface area contributed by atoms with Crippen LogP contribution in [0.3, 0.4) is 0 Å². The van der Waals surface area contributed by atoms with Gasteiger partial charge in [-0.3, -0.25) is 4.57 Å². The van der Waals surface area contributed by atoms with Crippen molar-refractivity contribution < 1.29 is 27.9 Å². The number of hydrogen-bond donors (Lipinski definition) is 0. The minimum atomic E-state index is -3.12. The Kier molecular flexibility index (Phi) is 8.01. The molecule has 0 bridgehead atoms. The molecule has 1 aliphatic heterocycles. The molecule has 0 N–H and O–H groups in total. The second kappa shape index (κ2) is 9.02. The maximum absolute atomic E-state index is 12.5. The van der Waals surface area contributed by atoms with Gasteiger partial charge >= 0.3 is 13.7 Å². The summed E-state index contributed by atoms with van der Waals surface area (Å²) in [5, 5.41) is 0. The van der Waals surface area contributed by atoms with E-state index in [9.17, 15) is 9.36 Å². The van der Waals surface area contributed by atoms with Crippen LogP contribution in [0.25, 0.3) is 0 Å². The van der Waals surface area contributed by atoms with Crippen molar-refractivity contribution in [3.63, 3.8) is 0 Å². The molecule has 0 aliphatic carbocycles. The van der Waals surface area contributed by atoms with E-state index in [0.29, 0.717) is 39.4 Å². The van der Waals surface area contributed by atoms with Gasteiger partial charge < -0.3 is 23.4 Å². The first kappa shape index (κ1) is 20.4. The Balaban J connectivity index is 2.67. The van der Waals surface area contributed by atoms with Crippen molar-refractivity contribution in [2.24, 2.45) is 0 Å². The Labute approximate surface area is 139 Å². The smallest absolute Gasteiger partial charge is 0.410 e. The molecule has 1 rings (SSSR count). The Hall–Kier alpha value is -0.620. The highest BCUT2D eigenvalue weighted by Crippen LogP contribution is 2.49. The number of nitrogens with zero attached hydrogens (tertiary/aromatic N) is 1. The Morgan fingerprint density at radius 2 is 1.87 bits per heavy atom. The standard InChI is InChI=1S/C15H30NO6P/c1-6-20-23(18,21-7-2)11-8-13-12-19-10-9-16(13)14(17)22-15(3,4)5/h13H,6-12H2,1-5H3. The van der Waals surface area contributed by atoms with Crippen LogP contribution in [0.2, 0.25) is 0 Å². The van der Waals surface area contributed by atoms with Crippen molar-refractivity contribution in [1.82, 2.24) is 4.90 Å². The summed E-state index contributed by atoms with van der Waals surface area (Å²) in [5.41, 5.74) is -0.550. The number of hydrogen-bond acceptors (Lipinski definition) is 6. The summed E-state index contributed by atoms with van der Waals surface area (Å²) in [6.07, 6.45) is 0.367. The lowest BCUT2D eigenvalue weighted by atomic mass is 10.2. The molecule has 1 unspecified atom stereocenters. The van der Waals surface area contributed by atoms with Crippen LogP contribution in [0.4, 0.5) is 4.79 Å². The molecular weight excluding hydrogens is 321 g/mol. The molecule has 1 amide bonds. The van der Waals surface area contributed by atoms with Crippen molar-refractivity contribution in [1.29, 1.82) is 0 Å². The fourth-order valence-electron chi connectivity index (χ4n) is 2.32. The van der Waals surface area contributed by atoms with Gasteiger partial charge in [-0.05, 0) is 41.0 Å². The number of morpholine rings is 1. The average Bonchev–Trinajstić information content (AvgIpc) is 2.44. The monoisotopic (exact) mass is 351 g/mol. The molecule has 8 heteroatoms. The highest BCUT2D eigenvalue weighted by Gasteiger charge is 2.33. The van der Waals surface area contributed by atoms with Crippen LogP contribution in [0.1, 0.15) is 41.0 Å². The molecule has 0 aromatic carbocycles. The quantitative estimate of drug-likeness (QED) is 0.655. The Bertz CT molecular complexity index is 413. The highest BCUT2D eigenvalue weighted by atomic mass is 31.2. The van der Waals surface area contributed by atoms with Crippen LogP contribution >= 0.6 is 7.60 Å². The minimum absolute atomic E-state index is 0.187. The van der Waals surface area contributed by atoms with E-state index in [1.807, 2.05) is 20.8 Å². The summed E-state index contributed by atoms with van der Waals surface area (Å²) in [6.45, 7) is 11.1. The van der Waals surface area contributed by atoms with Crippen LogP contribution in [0, 0.1) is 0 Å². The second-order valence-corrected chi connectivity index (χ2v) is 8.55. The zero-order valence-electron chi connectivity index (χ0n) is 14.9. The van der Waals surface area contributed by atoms with Crippen LogP contribution < -0.4 is 0 Å². The van der Waals surface area contributed by atoms with Crippen molar-refractivity contribution in [2.45, 2.75) is 52.7 Å². The van der Waals surface area contributed by atoms with Gasteiger partial charge in [-0.15, -0.1) is 0 Å². The first-order valence-corrected chi connectivity index (χ1v) is 9.89. The molecule has 1 atom stereocenters. The molecule has 7 nitrogen and oxygen atoms in total. The normalized spacial score (nSPS) is 19.7. The molecule has 136 valence electrons. The SMILES string of the molecule is CCOP(=O)(CCC1COCCN1C(=O)OC(C)(C)C)OCC.